The average molecular weight is 200 g/mol. The SMILES string of the molecule is CC(=O)OCCC1(O)CCC(=O)CC1. The van der Waals surface area contributed by atoms with Gasteiger partial charge in [0.2, 0.25) is 0 Å². The number of hydrogen-bond donors (Lipinski definition) is 1. The molecule has 0 aromatic heterocycles. The fourth-order valence-electron chi connectivity index (χ4n) is 1.63. The van der Waals surface area contributed by atoms with Gasteiger partial charge in [-0.05, 0) is 12.8 Å². The zero-order chi connectivity index (χ0) is 10.6. The summed E-state index contributed by atoms with van der Waals surface area (Å²) in [5, 5.41) is 9.96. The van der Waals surface area contributed by atoms with Crippen LogP contribution in [-0.2, 0) is 14.3 Å². The summed E-state index contributed by atoms with van der Waals surface area (Å²) in [7, 11) is 0. The van der Waals surface area contributed by atoms with Gasteiger partial charge >= 0.3 is 5.97 Å². The van der Waals surface area contributed by atoms with Crippen molar-refractivity contribution in [2.45, 2.75) is 44.6 Å². The van der Waals surface area contributed by atoms with E-state index in [1.165, 1.54) is 6.92 Å². The number of esters is 1. The molecule has 0 atom stereocenters. The third-order valence-electron chi connectivity index (χ3n) is 2.61. The third kappa shape index (κ3) is 3.46. The molecule has 0 aromatic rings. The molecule has 4 heteroatoms. The molecule has 1 aliphatic rings. The molecule has 1 saturated carbocycles. The van der Waals surface area contributed by atoms with E-state index < -0.39 is 5.60 Å². The predicted octanol–water partition coefficient (Wildman–Crippen LogP) is 0.814. The second-order valence-electron chi connectivity index (χ2n) is 3.85. The summed E-state index contributed by atoms with van der Waals surface area (Å²) < 4.78 is 4.75. The summed E-state index contributed by atoms with van der Waals surface area (Å²) in [6.07, 6.45) is 2.30. The van der Waals surface area contributed by atoms with Crippen molar-refractivity contribution >= 4 is 11.8 Å². The number of hydrogen-bond acceptors (Lipinski definition) is 4. The van der Waals surface area contributed by atoms with E-state index in [4.69, 9.17) is 4.74 Å². The van der Waals surface area contributed by atoms with Crippen molar-refractivity contribution in [1.29, 1.82) is 0 Å². The molecule has 0 radical (unpaired) electrons. The van der Waals surface area contributed by atoms with E-state index in [2.05, 4.69) is 0 Å². The Morgan fingerprint density at radius 1 is 1.50 bits per heavy atom. The van der Waals surface area contributed by atoms with E-state index in [1.807, 2.05) is 0 Å². The van der Waals surface area contributed by atoms with E-state index in [9.17, 15) is 14.7 Å². The molecule has 1 N–H and O–H groups in total. The Labute approximate surface area is 83.2 Å². The van der Waals surface area contributed by atoms with Crippen LogP contribution in [0.3, 0.4) is 0 Å². The van der Waals surface area contributed by atoms with Crippen LogP contribution in [0.15, 0.2) is 0 Å². The zero-order valence-corrected chi connectivity index (χ0v) is 8.41. The highest BCUT2D eigenvalue weighted by molar-refractivity contribution is 5.79. The summed E-state index contributed by atoms with van der Waals surface area (Å²) in [6.45, 7) is 1.58. The Morgan fingerprint density at radius 3 is 2.57 bits per heavy atom. The fraction of sp³-hybridized carbons (Fsp3) is 0.800. The van der Waals surface area contributed by atoms with E-state index in [1.54, 1.807) is 0 Å². The van der Waals surface area contributed by atoms with E-state index in [0.717, 1.165) is 0 Å². The number of ether oxygens (including phenoxy) is 1. The van der Waals surface area contributed by atoms with Gasteiger partial charge in [0, 0.05) is 26.2 Å². The second-order valence-corrected chi connectivity index (χ2v) is 3.85. The minimum atomic E-state index is -0.802. The largest absolute Gasteiger partial charge is 0.466 e. The smallest absolute Gasteiger partial charge is 0.302 e. The maximum absolute atomic E-state index is 10.9. The molecule has 1 fully saturated rings. The normalized spacial score (nSPS) is 20.6. The number of rotatable bonds is 3. The van der Waals surface area contributed by atoms with Crippen molar-refractivity contribution in [3.63, 3.8) is 0 Å². The van der Waals surface area contributed by atoms with Gasteiger partial charge in [0.1, 0.15) is 5.78 Å². The van der Waals surface area contributed by atoms with Crippen LogP contribution in [0.5, 0.6) is 0 Å². The lowest BCUT2D eigenvalue weighted by atomic mass is 9.82. The molecule has 0 spiro atoms. The highest BCUT2D eigenvalue weighted by Gasteiger charge is 2.32. The minimum absolute atomic E-state index is 0.210. The summed E-state index contributed by atoms with van der Waals surface area (Å²) in [4.78, 5) is 21.4. The number of carbonyl (C=O) groups excluding carboxylic acids is 2. The van der Waals surface area contributed by atoms with Crippen molar-refractivity contribution < 1.29 is 19.4 Å². The van der Waals surface area contributed by atoms with Crippen LogP contribution in [0.1, 0.15) is 39.0 Å². The standard InChI is InChI=1S/C10H16O4/c1-8(11)14-7-6-10(13)4-2-9(12)3-5-10/h13H,2-7H2,1H3. The van der Waals surface area contributed by atoms with E-state index >= 15 is 0 Å². The molecule has 1 aliphatic carbocycles. The predicted molar refractivity (Wildman–Crippen MR) is 49.7 cm³/mol. The minimum Gasteiger partial charge on any atom is -0.466 e. The van der Waals surface area contributed by atoms with Crippen molar-refractivity contribution in [1.82, 2.24) is 0 Å². The Morgan fingerprint density at radius 2 is 2.07 bits per heavy atom. The molecule has 1 rings (SSSR count). The lowest BCUT2D eigenvalue weighted by Gasteiger charge is -2.31. The summed E-state index contributed by atoms with van der Waals surface area (Å²) in [5.41, 5.74) is -0.802. The molecule has 0 unspecified atom stereocenters. The highest BCUT2D eigenvalue weighted by atomic mass is 16.5. The van der Waals surface area contributed by atoms with Crippen molar-refractivity contribution in [3.8, 4) is 0 Å². The van der Waals surface area contributed by atoms with Gasteiger partial charge in [0.15, 0.2) is 0 Å². The second kappa shape index (κ2) is 4.55. The van der Waals surface area contributed by atoms with Crippen LogP contribution in [0.25, 0.3) is 0 Å². The third-order valence-corrected chi connectivity index (χ3v) is 2.61. The molecule has 80 valence electrons. The zero-order valence-electron chi connectivity index (χ0n) is 8.41. The van der Waals surface area contributed by atoms with E-state index in [-0.39, 0.29) is 18.4 Å². The number of carbonyl (C=O) groups is 2. The lowest BCUT2D eigenvalue weighted by Crippen LogP contribution is -2.35. The van der Waals surface area contributed by atoms with Crippen LogP contribution in [0.4, 0.5) is 0 Å². The molecule has 0 aromatic carbocycles. The first kappa shape index (κ1) is 11.2. The molecule has 0 aliphatic heterocycles. The van der Waals surface area contributed by atoms with Gasteiger partial charge < -0.3 is 9.84 Å². The van der Waals surface area contributed by atoms with Crippen molar-refractivity contribution in [2.75, 3.05) is 6.61 Å². The van der Waals surface area contributed by atoms with Crippen LogP contribution < -0.4 is 0 Å². The monoisotopic (exact) mass is 200 g/mol. The summed E-state index contributed by atoms with van der Waals surface area (Å²) >= 11 is 0. The Hall–Kier alpha value is -0.900. The molecule has 0 bridgehead atoms. The Balaban J connectivity index is 2.28. The molecule has 0 heterocycles. The van der Waals surface area contributed by atoms with Gasteiger partial charge in [-0.25, -0.2) is 0 Å². The highest BCUT2D eigenvalue weighted by Crippen LogP contribution is 2.28. The van der Waals surface area contributed by atoms with Crippen LogP contribution in [0, 0.1) is 0 Å². The first-order valence-electron chi connectivity index (χ1n) is 4.89. The van der Waals surface area contributed by atoms with Crippen LogP contribution in [0.2, 0.25) is 0 Å². The Bertz CT molecular complexity index is 224. The molecular weight excluding hydrogens is 184 g/mol. The molecule has 14 heavy (non-hydrogen) atoms. The molecular formula is C10H16O4. The first-order valence-corrected chi connectivity index (χ1v) is 4.89. The average Bonchev–Trinajstić information content (AvgIpc) is 2.10. The molecule has 4 nitrogen and oxygen atoms in total. The first-order chi connectivity index (χ1) is 6.52. The van der Waals surface area contributed by atoms with Gasteiger partial charge in [0.25, 0.3) is 0 Å². The Kier molecular flexibility index (Phi) is 3.63. The number of aliphatic hydroxyl groups is 1. The maximum atomic E-state index is 10.9. The fourth-order valence-corrected chi connectivity index (χ4v) is 1.63. The molecule has 0 saturated heterocycles. The van der Waals surface area contributed by atoms with Gasteiger partial charge in [-0.15, -0.1) is 0 Å². The van der Waals surface area contributed by atoms with Crippen molar-refractivity contribution in [3.05, 3.63) is 0 Å². The number of ketones is 1. The lowest BCUT2D eigenvalue weighted by molar-refractivity contribution is -0.143. The van der Waals surface area contributed by atoms with Crippen molar-refractivity contribution in [2.24, 2.45) is 0 Å². The summed E-state index contributed by atoms with van der Waals surface area (Å²) in [5.74, 6) is -0.123. The topological polar surface area (TPSA) is 63.6 Å². The number of Topliss-reactive ketones (excluding diaryl/α,β-unsaturated/α-hetero) is 1. The van der Waals surface area contributed by atoms with Gasteiger partial charge in [0.05, 0.1) is 12.2 Å². The van der Waals surface area contributed by atoms with Crippen LogP contribution in [-0.4, -0.2) is 29.1 Å². The quantitative estimate of drug-likeness (QED) is 0.685. The maximum Gasteiger partial charge on any atom is 0.302 e. The van der Waals surface area contributed by atoms with E-state index in [0.29, 0.717) is 32.1 Å². The van der Waals surface area contributed by atoms with Crippen LogP contribution >= 0.6 is 0 Å². The summed E-state index contributed by atoms with van der Waals surface area (Å²) in [6, 6.07) is 0. The van der Waals surface area contributed by atoms with Gasteiger partial charge in [-0.1, -0.05) is 0 Å². The molecule has 0 amide bonds. The van der Waals surface area contributed by atoms with Gasteiger partial charge in [-0.2, -0.15) is 0 Å². The van der Waals surface area contributed by atoms with Gasteiger partial charge in [-0.3, -0.25) is 9.59 Å².